The predicted molar refractivity (Wildman–Crippen MR) is 55.2 cm³/mol. The van der Waals surface area contributed by atoms with Crippen LogP contribution in [0.1, 0.15) is 24.2 Å². The van der Waals surface area contributed by atoms with Crippen molar-refractivity contribution in [2.45, 2.75) is 20.0 Å². The van der Waals surface area contributed by atoms with Crippen molar-refractivity contribution in [3.8, 4) is 11.5 Å². The summed E-state index contributed by atoms with van der Waals surface area (Å²) in [5.41, 5.74) is 5.55. The Morgan fingerprint density at radius 1 is 1.47 bits per heavy atom. The molecule has 0 heterocycles. The van der Waals surface area contributed by atoms with Crippen LogP contribution in [0.5, 0.6) is 11.5 Å². The van der Waals surface area contributed by atoms with Crippen molar-refractivity contribution in [1.82, 2.24) is 0 Å². The van der Waals surface area contributed by atoms with E-state index in [4.69, 9.17) is 15.6 Å². The Balaban J connectivity index is 3.24. The summed E-state index contributed by atoms with van der Waals surface area (Å²) < 4.78 is 5.23. The molecule has 5 heteroatoms. The number of hydrogen-bond donors (Lipinski definition) is 3. The summed E-state index contributed by atoms with van der Waals surface area (Å²) in [5, 5.41) is 18.4. The molecule has 5 nitrogen and oxygen atoms in total. The Hall–Kier alpha value is -1.91. The van der Waals surface area contributed by atoms with Gasteiger partial charge in [0.15, 0.2) is 11.5 Å². The second-order valence-electron chi connectivity index (χ2n) is 3.35. The number of benzene rings is 1. The van der Waals surface area contributed by atoms with Crippen LogP contribution >= 0.6 is 0 Å². The number of rotatable bonds is 3. The number of nitrogens with two attached hydrogens (primary N) is 1. The lowest BCUT2D eigenvalue weighted by Crippen LogP contribution is -2.09. The number of aromatic hydroxyl groups is 1. The number of carbonyl (C=O) groups is 1. The van der Waals surface area contributed by atoms with Crippen LogP contribution in [0, 0.1) is 0 Å². The second-order valence-corrected chi connectivity index (χ2v) is 3.35. The summed E-state index contributed by atoms with van der Waals surface area (Å²) in [5.74, 6) is -1.64. The Kier molecular flexibility index (Phi) is 3.04. The lowest BCUT2D eigenvalue weighted by molar-refractivity contribution is 0.0692. The molecule has 0 aliphatic carbocycles. The maximum Gasteiger partial charge on any atom is 0.339 e. The van der Waals surface area contributed by atoms with Gasteiger partial charge >= 0.3 is 5.97 Å². The standard InChI is InChI=1S/C10H13NO4/c1-5(2)15-9-7(11)4-3-6(8(9)12)10(13)14/h3-5,12H,11H2,1-2H3,(H,13,14). The number of phenols is 1. The monoisotopic (exact) mass is 211 g/mol. The number of hydrogen-bond acceptors (Lipinski definition) is 4. The second kappa shape index (κ2) is 4.08. The Labute approximate surface area is 87.1 Å². The average Bonchev–Trinajstić information content (AvgIpc) is 2.11. The Morgan fingerprint density at radius 2 is 2.07 bits per heavy atom. The fraction of sp³-hybridized carbons (Fsp3) is 0.300. The summed E-state index contributed by atoms with van der Waals surface area (Å²) in [7, 11) is 0. The maximum atomic E-state index is 10.7. The van der Waals surface area contributed by atoms with E-state index in [1.807, 2.05) is 0 Å². The normalized spacial score (nSPS) is 10.3. The Bertz CT molecular complexity index is 387. The number of carboxylic acids is 1. The van der Waals surface area contributed by atoms with Gasteiger partial charge in [0.2, 0.25) is 0 Å². The molecule has 1 aromatic carbocycles. The third-order valence-electron chi connectivity index (χ3n) is 1.75. The maximum absolute atomic E-state index is 10.7. The summed E-state index contributed by atoms with van der Waals surface area (Å²) in [6.07, 6.45) is -0.192. The van der Waals surface area contributed by atoms with E-state index in [0.717, 1.165) is 0 Å². The van der Waals surface area contributed by atoms with Crippen molar-refractivity contribution in [2.75, 3.05) is 5.73 Å². The first-order valence-corrected chi connectivity index (χ1v) is 4.45. The molecule has 0 saturated heterocycles. The SMILES string of the molecule is CC(C)Oc1c(N)ccc(C(=O)O)c1O. The van der Waals surface area contributed by atoms with Gasteiger partial charge < -0.3 is 20.7 Å². The van der Waals surface area contributed by atoms with Gasteiger partial charge in [0.05, 0.1) is 11.8 Å². The largest absolute Gasteiger partial charge is 0.504 e. The van der Waals surface area contributed by atoms with E-state index >= 15 is 0 Å². The molecule has 0 saturated carbocycles. The van der Waals surface area contributed by atoms with E-state index in [0.29, 0.717) is 0 Å². The van der Waals surface area contributed by atoms with Crippen molar-refractivity contribution in [3.63, 3.8) is 0 Å². The number of ether oxygens (including phenoxy) is 1. The molecule has 0 aliphatic heterocycles. The molecule has 0 aromatic heterocycles. The first kappa shape index (κ1) is 11.2. The van der Waals surface area contributed by atoms with Crippen LogP contribution in [0.25, 0.3) is 0 Å². The zero-order chi connectivity index (χ0) is 11.6. The topological polar surface area (TPSA) is 92.8 Å². The zero-order valence-electron chi connectivity index (χ0n) is 8.52. The highest BCUT2D eigenvalue weighted by Crippen LogP contribution is 2.36. The van der Waals surface area contributed by atoms with Crippen LogP contribution in [0.4, 0.5) is 5.69 Å². The molecule has 0 bridgehead atoms. The van der Waals surface area contributed by atoms with Crippen LogP contribution in [0.3, 0.4) is 0 Å². The van der Waals surface area contributed by atoms with E-state index in [9.17, 15) is 9.90 Å². The smallest absolute Gasteiger partial charge is 0.339 e. The van der Waals surface area contributed by atoms with Crippen LogP contribution in [-0.2, 0) is 0 Å². The molecule has 0 spiro atoms. The molecule has 82 valence electrons. The van der Waals surface area contributed by atoms with Gasteiger partial charge in [-0.15, -0.1) is 0 Å². The van der Waals surface area contributed by atoms with Crippen molar-refractivity contribution in [1.29, 1.82) is 0 Å². The van der Waals surface area contributed by atoms with Gasteiger partial charge in [0.1, 0.15) is 5.56 Å². The van der Waals surface area contributed by atoms with E-state index in [1.165, 1.54) is 12.1 Å². The number of nitrogen functional groups attached to an aromatic ring is 1. The minimum Gasteiger partial charge on any atom is -0.504 e. The van der Waals surface area contributed by atoms with E-state index in [2.05, 4.69) is 0 Å². The number of carboxylic acid groups (broad SMARTS) is 1. The predicted octanol–water partition coefficient (Wildman–Crippen LogP) is 1.46. The molecule has 15 heavy (non-hydrogen) atoms. The van der Waals surface area contributed by atoms with Gasteiger partial charge in [-0.2, -0.15) is 0 Å². The third-order valence-corrected chi connectivity index (χ3v) is 1.75. The fourth-order valence-corrected chi connectivity index (χ4v) is 1.12. The van der Waals surface area contributed by atoms with Gasteiger partial charge in [-0.3, -0.25) is 0 Å². The molecule has 0 unspecified atom stereocenters. The van der Waals surface area contributed by atoms with Gasteiger partial charge in [0, 0.05) is 0 Å². The highest BCUT2D eigenvalue weighted by atomic mass is 16.5. The molecule has 0 radical (unpaired) electrons. The lowest BCUT2D eigenvalue weighted by Gasteiger charge is -2.14. The summed E-state index contributed by atoms with van der Waals surface area (Å²) in [4.78, 5) is 10.7. The van der Waals surface area contributed by atoms with Crippen LogP contribution in [0.2, 0.25) is 0 Å². The lowest BCUT2D eigenvalue weighted by atomic mass is 10.1. The van der Waals surface area contributed by atoms with Crippen LogP contribution in [-0.4, -0.2) is 22.3 Å². The molecule has 0 amide bonds. The van der Waals surface area contributed by atoms with Crippen molar-refractivity contribution >= 4 is 11.7 Å². The van der Waals surface area contributed by atoms with Gasteiger partial charge in [-0.05, 0) is 26.0 Å². The molecule has 0 atom stereocenters. The highest BCUT2D eigenvalue weighted by Gasteiger charge is 2.17. The summed E-state index contributed by atoms with van der Waals surface area (Å²) in [6.45, 7) is 3.51. The van der Waals surface area contributed by atoms with Crippen LogP contribution in [0.15, 0.2) is 12.1 Å². The fourth-order valence-electron chi connectivity index (χ4n) is 1.12. The number of anilines is 1. The third kappa shape index (κ3) is 2.31. The quantitative estimate of drug-likeness (QED) is 0.658. The minimum atomic E-state index is -1.22. The summed E-state index contributed by atoms with van der Waals surface area (Å²) >= 11 is 0. The highest BCUT2D eigenvalue weighted by molar-refractivity contribution is 5.93. The van der Waals surface area contributed by atoms with Crippen molar-refractivity contribution in [2.24, 2.45) is 0 Å². The van der Waals surface area contributed by atoms with E-state index in [1.54, 1.807) is 13.8 Å². The molecule has 1 rings (SSSR count). The zero-order valence-corrected chi connectivity index (χ0v) is 8.52. The van der Waals surface area contributed by atoms with E-state index in [-0.39, 0.29) is 23.1 Å². The van der Waals surface area contributed by atoms with E-state index < -0.39 is 11.7 Å². The van der Waals surface area contributed by atoms with Crippen LogP contribution < -0.4 is 10.5 Å². The summed E-state index contributed by atoms with van der Waals surface area (Å²) in [6, 6.07) is 2.63. The molecule has 0 fully saturated rings. The molecular formula is C10H13NO4. The number of aromatic carboxylic acids is 1. The van der Waals surface area contributed by atoms with Gasteiger partial charge in [-0.1, -0.05) is 0 Å². The van der Waals surface area contributed by atoms with Gasteiger partial charge in [-0.25, -0.2) is 4.79 Å². The average molecular weight is 211 g/mol. The van der Waals surface area contributed by atoms with Gasteiger partial charge in [0.25, 0.3) is 0 Å². The Morgan fingerprint density at radius 3 is 2.53 bits per heavy atom. The van der Waals surface area contributed by atoms with Crippen molar-refractivity contribution < 1.29 is 19.7 Å². The van der Waals surface area contributed by atoms with Crippen molar-refractivity contribution in [3.05, 3.63) is 17.7 Å². The molecular weight excluding hydrogens is 198 g/mol. The molecule has 1 aromatic rings. The molecule has 0 aliphatic rings. The minimum absolute atomic E-state index is 0.0184. The first-order chi connectivity index (χ1) is 6.93. The molecule has 4 N–H and O–H groups in total. The first-order valence-electron chi connectivity index (χ1n) is 4.45.